The van der Waals surface area contributed by atoms with Crippen LogP contribution in [0.2, 0.25) is 0 Å². The van der Waals surface area contributed by atoms with Gasteiger partial charge >= 0.3 is 0 Å². The van der Waals surface area contributed by atoms with Gasteiger partial charge in [0.1, 0.15) is 0 Å². The first-order valence-electron chi connectivity index (χ1n) is 8.41. The van der Waals surface area contributed by atoms with E-state index < -0.39 is 0 Å². The Morgan fingerprint density at radius 1 is 1.29 bits per heavy atom. The highest BCUT2D eigenvalue weighted by Gasteiger charge is 2.21. The fourth-order valence-electron chi connectivity index (χ4n) is 2.81. The molecule has 5 nitrogen and oxygen atoms in total. The molecular weight excluding hydrogens is 326 g/mol. The van der Waals surface area contributed by atoms with Gasteiger partial charge in [0, 0.05) is 30.8 Å². The summed E-state index contributed by atoms with van der Waals surface area (Å²) in [5, 5.41) is 2.88. The number of amides is 2. The lowest BCUT2D eigenvalue weighted by molar-refractivity contribution is -0.116. The van der Waals surface area contributed by atoms with Crippen LogP contribution in [0.1, 0.15) is 48.5 Å². The van der Waals surface area contributed by atoms with Crippen LogP contribution in [0.4, 0.5) is 5.69 Å². The van der Waals surface area contributed by atoms with Crippen molar-refractivity contribution in [3.8, 4) is 0 Å². The highest BCUT2D eigenvalue weighted by atomic mass is 35.5. The van der Waals surface area contributed by atoms with Crippen molar-refractivity contribution in [2.45, 2.75) is 39.5 Å². The van der Waals surface area contributed by atoms with Crippen LogP contribution >= 0.6 is 12.4 Å². The molecule has 0 aliphatic carbocycles. The lowest BCUT2D eigenvalue weighted by atomic mass is 9.98. The third-order valence-electron chi connectivity index (χ3n) is 4.43. The first-order valence-corrected chi connectivity index (χ1v) is 8.41. The predicted octanol–water partition coefficient (Wildman–Crippen LogP) is 2.97. The number of likely N-dealkylation sites (tertiary alicyclic amines) is 1. The third-order valence-corrected chi connectivity index (χ3v) is 4.43. The first-order chi connectivity index (χ1) is 11.0. The van der Waals surface area contributed by atoms with Gasteiger partial charge in [-0.05, 0) is 62.4 Å². The summed E-state index contributed by atoms with van der Waals surface area (Å²) in [6, 6.07) is 5.47. The molecule has 1 saturated heterocycles. The van der Waals surface area contributed by atoms with E-state index >= 15 is 0 Å². The van der Waals surface area contributed by atoms with E-state index in [4.69, 9.17) is 5.73 Å². The van der Waals surface area contributed by atoms with E-state index in [0.717, 1.165) is 37.2 Å². The van der Waals surface area contributed by atoms with Crippen LogP contribution < -0.4 is 11.1 Å². The molecule has 1 fully saturated rings. The molecule has 2 rings (SSSR count). The fourth-order valence-corrected chi connectivity index (χ4v) is 2.81. The van der Waals surface area contributed by atoms with E-state index in [1.165, 1.54) is 0 Å². The zero-order valence-corrected chi connectivity index (χ0v) is 15.3. The Morgan fingerprint density at radius 3 is 2.54 bits per heavy atom. The summed E-state index contributed by atoms with van der Waals surface area (Å²) >= 11 is 0. The number of anilines is 1. The van der Waals surface area contributed by atoms with Crippen molar-refractivity contribution in [1.82, 2.24) is 4.90 Å². The highest BCUT2D eigenvalue weighted by molar-refractivity contribution is 5.96. The Bertz CT molecular complexity index is 569. The molecule has 0 aromatic heterocycles. The summed E-state index contributed by atoms with van der Waals surface area (Å²) in [4.78, 5) is 26.3. The van der Waals surface area contributed by atoms with E-state index in [1.54, 1.807) is 6.07 Å². The second-order valence-corrected chi connectivity index (χ2v) is 6.44. The van der Waals surface area contributed by atoms with Gasteiger partial charge < -0.3 is 16.0 Å². The molecule has 0 atom stereocenters. The summed E-state index contributed by atoms with van der Waals surface area (Å²) in [7, 11) is 0. The summed E-state index contributed by atoms with van der Waals surface area (Å²) in [6.45, 7) is 6.31. The number of rotatable bonds is 5. The number of aryl methyl sites for hydroxylation is 1. The number of carbonyl (C=O) groups excluding carboxylic acids is 2. The number of benzene rings is 1. The number of hydrogen-bond acceptors (Lipinski definition) is 3. The molecule has 6 heteroatoms. The zero-order chi connectivity index (χ0) is 16.8. The van der Waals surface area contributed by atoms with Crippen molar-refractivity contribution in [1.29, 1.82) is 0 Å². The molecule has 24 heavy (non-hydrogen) atoms. The van der Waals surface area contributed by atoms with Gasteiger partial charge in [0.05, 0.1) is 0 Å². The monoisotopic (exact) mass is 353 g/mol. The molecule has 0 spiro atoms. The molecule has 0 unspecified atom stereocenters. The van der Waals surface area contributed by atoms with Gasteiger partial charge in [-0.2, -0.15) is 0 Å². The van der Waals surface area contributed by atoms with Crippen LogP contribution in [0.25, 0.3) is 0 Å². The third kappa shape index (κ3) is 5.49. The summed E-state index contributed by atoms with van der Waals surface area (Å²) < 4.78 is 0. The maximum Gasteiger partial charge on any atom is 0.253 e. The molecule has 0 saturated carbocycles. The summed E-state index contributed by atoms with van der Waals surface area (Å²) in [5.74, 6) is 0.746. The van der Waals surface area contributed by atoms with E-state index in [0.29, 0.717) is 30.9 Å². The van der Waals surface area contributed by atoms with Gasteiger partial charge in [0.15, 0.2) is 0 Å². The second-order valence-electron chi connectivity index (χ2n) is 6.44. The Balaban J connectivity index is 0.00000288. The van der Waals surface area contributed by atoms with Gasteiger partial charge in [-0.15, -0.1) is 12.4 Å². The van der Waals surface area contributed by atoms with Gasteiger partial charge in [0.25, 0.3) is 5.91 Å². The van der Waals surface area contributed by atoms with Crippen molar-refractivity contribution < 1.29 is 9.59 Å². The number of carbonyl (C=O) groups is 2. The number of nitrogens with two attached hydrogens (primary N) is 1. The van der Waals surface area contributed by atoms with Crippen LogP contribution in [-0.4, -0.2) is 36.3 Å². The Hall–Kier alpha value is -1.59. The van der Waals surface area contributed by atoms with E-state index in [-0.39, 0.29) is 24.2 Å². The fraction of sp³-hybridized carbons (Fsp3) is 0.556. The predicted molar refractivity (Wildman–Crippen MR) is 99.6 cm³/mol. The van der Waals surface area contributed by atoms with Gasteiger partial charge in [-0.25, -0.2) is 0 Å². The maximum atomic E-state index is 12.6. The lowest BCUT2D eigenvalue weighted by Gasteiger charge is -2.30. The van der Waals surface area contributed by atoms with E-state index in [2.05, 4.69) is 12.2 Å². The number of hydrogen-bond donors (Lipinski definition) is 2. The summed E-state index contributed by atoms with van der Waals surface area (Å²) in [6.07, 6.45) is 3.23. The molecule has 1 aliphatic rings. The van der Waals surface area contributed by atoms with Crippen molar-refractivity contribution in [2.75, 3.05) is 25.0 Å². The van der Waals surface area contributed by atoms with Gasteiger partial charge in [0.2, 0.25) is 5.91 Å². The van der Waals surface area contributed by atoms with Crippen molar-refractivity contribution in [3.63, 3.8) is 0 Å². The number of nitrogens with one attached hydrogen (secondary N) is 1. The minimum Gasteiger partial charge on any atom is -0.339 e. The second kappa shape index (κ2) is 9.64. The number of nitrogens with zero attached hydrogens (tertiary/aromatic N) is 1. The quantitative estimate of drug-likeness (QED) is 0.854. The molecule has 0 radical (unpaired) electrons. The Kier molecular flexibility index (Phi) is 8.22. The first kappa shape index (κ1) is 20.5. The average molecular weight is 354 g/mol. The van der Waals surface area contributed by atoms with Crippen LogP contribution in [0.15, 0.2) is 18.2 Å². The Morgan fingerprint density at radius 2 is 1.96 bits per heavy atom. The molecule has 1 heterocycles. The van der Waals surface area contributed by atoms with Crippen molar-refractivity contribution in [3.05, 3.63) is 29.3 Å². The zero-order valence-electron chi connectivity index (χ0n) is 14.5. The molecule has 134 valence electrons. The summed E-state index contributed by atoms with van der Waals surface area (Å²) in [5.41, 5.74) is 7.77. The molecule has 0 bridgehead atoms. The molecule has 1 aromatic carbocycles. The minimum absolute atomic E-state index is 0. The molecule has 1 aromatic rings. The molecule has 1 aliphatic heterocycles. The van der Waals surface area contributed by atoms with Crippen LogP contribution in [-0.2, 0) is 4.79 Å². The largest absolute Gasteiger partial charge is 0.339 e. The molecule has 2 amide bonds. The lowest BCUT2D eigenvalue weighted by Crippen LogP contribution is -2.37. The number of halogens is 1. The Labute approximate surface area is 150 Å². The van der Waals surface area contributed by atoms with Crippen molar-refractivity contribution >= 4 is 29.9 Å². The van der Waals surface area contributed by atoms with Crippen LogP contribution in [0.5, 0.6) is 0 Å². The maximum absolute atomic E-state index is 12.6. The smallest absolute Gasteiger partial charge is 0.253 e. The molecule has 3 N–H and O–H groups in total. The van der Waals surface area contributed by atoms with Crippen LogP contribution in [0.3, 0.4) is 0 Å². The van der Waals surface area contributed by atoms with Crippen LogP contribution in [0, 0.1) is 12.8 Å². The SMILES string of the molecule is Cc1cc(C(=O)N2CCC(C)CC2)ccc1NC(=O)CCCN.Cl. The topological polar surface area (TPSA) is 75.4 Å². The number of piperidine rings is 1. The standard InChI is InChI=1S/C18H27N3O2.ClH/c1-13-7-10-21(11-8-13)18(23)15-5-6-16(14(2)12-15)20-17(22)4-3-9-19;/h5-6,12-13H,3-4,7-11,19H2,1-2H3,(H,20,22);1H. The normalized spacial score (nSPS) is 14.9. The van der Waals surface area contributed by atoms with Crippen molar-refractivity contribution in [2.24, 2.45) is 11.7 Å². The van der Waals surface area contributed by atoms with E-state index in [1.807, 2.05) is 24.0 Å². The average Bonchev–Trinajstić information content (AvgIpc) is 2.55. The van der Waals surface area contributed by atoms with E-state index in [9.17, 15) is 9.59 Å². The minimum atomic E-state index is -0.0392. The molecular formula is C18H28ClN3O2. The van der Waals surface area contributed by atoms with Gasteiger partial charge in [-0.3, -0.25) is 9.59 Å². The highest BCUT2D eigenvalue weighted by Crippen LogP contribution is 2.21. The van der Waals surface area contributed by atoms with Gasteiger partial charge in [-0.1, -0.05) is 6.92 Å².